The van der Waals surface area contributed by atoms with Crippen molar-refractivity contribution < 1.29 is 14.1 Å². The fourth-order valence-corrected chi connectivity index (χ4v) is 2.28. The number of hydrogen-bond acceptors (Lipinski definition) is 5. The molecule has 0 radical (unpaired) electrons. The third kappa shape index (κ3) is 3.12. The molecule has 106 valence electrons. The van der Waals surface area contributed by atoms with Gasteiger partial charge in [0.15, 0.2) is 0 Å². The third-order valence-corrected chi connectivity index (χ3v) is 3.44. The molecular formula is C14H9FN2O3S. The van der Waals surface area contributed by atoms with E-state index in [0.717, 1.165) is 18.2 Å². The molecule has 2 aromatic rings. The van der Waals surface area contributed by atoms with Gasteiger partial charge in [-0.3, -0.25) is 10.1 Å². The summed E-state index contributed by atoms with van der Waals surface area (Å²) in [5.74, 6) is -0.747. The van der Waals surface area contributed by atoms with Crippen LogP contribution in [-0.2, 0) is 0 Å². The quantitative estimate of drug-likeness (QED) is 0.482. The first-order valence-electron chi connectivity index (χ1n) is 5.75. The van der Waals surface area contributed by atoms with Gasteiger partial charge in [0.2, 0.25) is 5.75 Å². The van der Waals surface area contributed by atoms with Gasteiger partial charge in [0, 0.05) is 17.0 Å². The number of nitrogens with zero attached hydrogens (tertiary/aromatic N) is 2. The monoisotopic (exact) mass is 304 g/mol. The first-order valence-corrected chi connectivity index (χ1v) is 6.98. The van der Waals surface area contributed by atoms with Crippen LogP contribution in [0.3, 0.4) is 0 Å². The Hall–Kier alpha value is -2.59. The Bertz CT molecular complexity index is 743. The number of nitro groups is 1. The standard InChI is InChI=1S/C14H9FN2O3S/c1-21-14-4-2-3-12(10(14)8-16)20-13-7-9(15)5-6-11(13)17(18)19/h2-7H,1H3. The molecule has 2 aromatic carbocycles. The Labute approximate surface area is 124 Å². The van der Waals surface area contributed by atoms with Gasteiger partial charge in [-0.1, -0.05) is 6.07 Å². The summed E-state index contributed by atoms with van der Waals surface area (Å²) in [5.41, 5.74) is -0.113. The van der Waals surface area contributed by atoms with Crippen LogP contribution >= 0.6 is 11.8 Å². The Morgan fingerprint density at radius 1 is 1.33 bits per heavy atom. The molecule has 0 aliphatic heterocycles. The largest absolute Gasteiger partial charge is 0.449 e. The van der Waals surface area contributed by atoms with Crippen LogP contribution in [-0.4, -0.2) is 11.2 Å². The van der Waals surface area contributed by atoms with Gasteiger partial charge in [-0.05, 0) is 24.5 Å². The average molecular weight is 304 g/mol. The molecule has 0 heterocycles. The first kappa shape index (κ1) is 14.8. The summed E-state index contributed by atoms with van der Waals surface area (Å²) in [5, 5.41) is 20.1. The van der Waals surface area contributed by atoms with Crippen molar-refractivity contribution in [1.82, 2.24) is 0 Å². The van der Waals surface area contributed by atoms with Crippen LogP contribution in [0.1, 0.15) is 5.56 Å². The summed E-state index contributed by atoms with van der Waals surface area (Å²) in [4.78, 5) is 10.9. The minimum atomic E-state index is -0.667. The molecule has 0 saturated carbocycles. The lowest BCUT2D eigenvalue weighted by molar-refractivity contribution is -0.385. The molecule has 5 nitrogen and oxygen atoms in total. The van der Waals surface area contributed by atoms with E-state index >= 15 is 0 Å². The van der Waals surface area contributed by atoms with Gasteiger partial charge in [0.1, 0.15) is 23.2 Å². The maximum atomic E-state index is 13.3. The highest BCUT2D eigenvalue weighted by atomic mass is 32.2. The van der Waals surface area contributed by atoms with Gasteiger partial charge in [0.25, 0.3) is 0 Å². The van der Waals surface area contributed by atoms with E-state index in [1.807, 2.05) is 6.07 Å². The summed E-state index contributed by atoms with van der Waals surface area (Å²) in [6.45, 7) is 0. The minimum absolute atomic E-state index is 0.151. The van der Waals surface area contributed by atoms with Crippen molar-refractivity contribution in [2.45, 2.75) is 4.90 Å². The first-order chi connectivity index (χ1) is 10.1. The number of halogens is 1. The molecule has 0 N–H and O–H groups in total. The second kappa shape index (κ2) is 6.24. The van der Waals surface area contributed by atoms with Gasteiger partial charge >= 0.3 is 5.69 Å². The summed E-state index contributed by atoms with van der Waals surface area (Å²) in [7, 11) is 0. The molecule has 0 spiro atoms. The zero-order valence-corrected chi connectivity index (χ0v) is 11.7. The van der Waals surface area contributed by atoms with Gasteiger partial charge in [0.05, 0.1) is 4.92 Å². The van der Waals surface area contributed by atoms with Crippen molar-refractivity contribution in [2.24, 2.45) is 0 Å². The van der Waals surface area contributed by atoms with Gasteiger partial charge in [-0.25, -0.2) is 4.39 Å². The predicted octanol–water partition coefficient (Wildman–Crippen LogP) is 4.12. The minimum Gasteiger partial charge on any atom is -0.449 e. The Kier molecular flexibility index (Phi) is 4.40. The molecule has 0 saturated heterocycles. The van der Waals surface area contributed by atoms with E-state index in [2.05, 4.69) is 0 Å². The highest BCUT2D eigenvalue weighted by Crippen LogP contribution is 2.35. The molecule has 0 atom stereocenters. The van der Waals surface area contributed by atoms with Crippen LogP contribution < -0.4 is 4.74 Å². The lowest BCUT2D eigenvalue weighted by atomic mass is 10.2. The van der Waals surface area contributed by atoms with Crippen LogP contribution in [0.5, 0.6) is 11.5 Å². The zero-order valence-electron chi connectivity index (χ0n) is 10.9. The molecule has 21 heavy (non-hydrogen) atoms. The second-order valence-corrected chi connectivity index (χ2v) is 4.76. The molecule has 0 amide bonds. The van der Waals surface area contributed by atoms with E-state index in [0.29, 0.717) is 4.90 Å². The van der Waals surface area contributed by atoms with E-state index in [4.69, 9.17) is 4.74 Å². The molecule has 0 aromatic heterocycles. The summed E-state index contributed by atoms with van der Waals surface area (Å²) in [6, 6.07) is 9.81. The molecule has 0 bridgehead atoms. The number of thioether (sulfide) groups is 1. The highest BCUT2D eigenvalue weighted by Gasteiger charge is 2.18. The SMILES string of the molecule is CSc1cccc(Oc2cc(F)ccc2[N+](=O)[O-])c1C#N. The molecular weight excluding hydrogens is 295 g/mol. The number of nitriles is 1. The van der Waals surface area contributed by atoms with Gasteiger partial charge in [-0.2, -0.15) is 5.26 Å². The van der Waals surface area contributed by atoms with Gasteiger partial charge in [-0.15, -0.1) is 11.8 Å². The van der Waals surface area contributed by atoms with Crippen LogP contribution in [0.25, 0.3) is 0 Å². The predicted molar refractivity (Wildman–Crippen MR) is 76.1 cm³/mol. The van der Waals surface area contributed by atoms with Crippen LogP contribution in [0.4, 0.5) is 10.1 Å². The molecule has 0 aliphatic rings. The number of benzene rings is 2. The van der Waals surface area contributed by atoms with Crippen molar-refractivity contribution in [2.75, 3.05) is 6.26 Å². The highest BCUT2D eigenvalue weighted by molar-refractivity contribution is 7.98. The number of hydrogen-bond donors (Lipinski definition) is 0. The summed E-state index contributed by atoms with van der Waals surface area (Å²) >= 11 is 1.35. The van der Waals surface area contributed by atoms with E-state index in [1.54, 1.807) is 18.4 Å². The number of nitro benzene ring substituents is 1. The fraction of sp³-hybridized carbons (Fsp3) is 0.0714. The lowest BCUT2D eigenvalue weighted by Gasteiger charge is -2.10. The van der Waals surface area contributed by atoms with E-state index in [1.165, 1.54) is 17.8 Å². The third-order valence-electron chi connectivity index (χ3n) is 2.66. The Morgan fingerprint density at radius 2 is 2.10 bits per heavy atom. The Balaban J connectivity index is 2.51. The Morgan fingerprint density at radius 3 is 2.71 bits per heavy atom. The summed E-state index contributed by atoms with van der Waals surface area (Å²) in [6.07, 6.45) is 1.80. The molecule has 7 heteroatoms. The molecule has 2 rings (SSSR count). The molecule has 0 fully saturated rings. The van der Waals surface area contributed by atoms with E-state index in [-0.39, 0.29) is 22.7 Å². The van der Waals surface area contributed by atoms with Crippen LogP contribution in [0.15, 0.2) is 41.3 Å². The van der Waals surface area contributed by atoms with Crippen LogP contribution in [0.2, 0.25) is 0 Å². The van der Waals surface area contributed by atoms with Crippen molar-refractivity contribution in [1.29, 1.82) is 5.26 Å². The smallest absolute Gasteiger partial charge is 0.311 e. The molecule has 0 aliphatic carbocycles. The van der Waals surface area contributed by atoms with E-state index < -0.39 is 10.7 Å². The number of rotatable bonds is 4. The fourth-order valence-electron chi connectivity index (χ4n) is 1.72. The van der Waals surface area contributed by atoms with Crippen molar-refractivity contribution in [3.8, 4) is 17.6 Å². The zero-order chi connectivity index (χ0) is 15.4. The van der Waals surface area contributed by atoms with Gasteiger partial charge < -0.3 is 4.74 Å². The maximum absolute atomic E-state index is 13.3. The van der Waals surface area contributed by atoms with E-state index in [9.17, 15) is 19.8 Å². The second-order valence-electron chi connectivity index (χ2n) is 3.92. The molecule has 0 unspecified atom stereocenters. The lowest BCUT2D eigenvalue weighted by Crippen LogP contribution is -1.96. The normalized spacial score (nSPS) is 9.95. The number of ether oxygens (including phenoxy) is 1. The average Bonchev–Trinajstić information content (AvgIpc) is 2.46. The topological polar surface area (TPSA) is 76.2 Å². The van der Waals surface area contributed by atoms with Crippen molar-refractivity contribution in [3.05, 3.63) is 57.9 Å². The van der Waals surface area contributed by atoms with Crippen LogP contribution in [0, 0.1) is 27.3 Å². The van der Waals surface area contributed by atoms with Crippen molar-refractivity contribution in [3.63, 3.8) is 0 Å². The summed E-state index contributed by atoms with van der Waals surface area (Å²) < 4.78 is 18.7. The van der Waals surface area contributed by atoms with Crippen molar-refractivity contribution >= 4 is 17.4 Å². The maximum Gasteiger partial charge on any atom is 0.311 e.